The van der Waals surface area contributed by atoms with Gasteiger partial charge in [-0.05, 0) is 18.9 Å². The Morgan fingerprint density at radius 1 is 1.25 bits per heavy atom. The number of Topliss-reactive ketones (excluding diaryl/α,β-unsaturated/α-hetero) is 1. The first-order valence-electron chi connectivity index (χ1n) is 6.70. The summed E-state index contributed by atoms with van der Waals surface area (Å²) in [4.78, 5) is 12.3. The summed E-state index contributed by atoms with van der Waals surface area (Å²) in [6.45, 7) is 1.28. The highest BCUT2D eigenvalue weighted by atomic mass is 32.2. The molecule has 4 nitrogen and oxygen atoms in total. The van der Waals surface area contributed by atoms with Crippen molar-refractivity contribution in [2.24, 2.45) is 0 Å². The summed E-state index contributed by atoms with van der Waals surface area (Å²) in [5, 5.41) is 0.868. The van der Waals surface area contributed by atoms with Crippen molar-refractivity contribution in [1.29, 1.82) is 0 Å². The molecule has 0 saturated carbocycles. The number of furan rings is 1. The first-order chi connectivity index (χ1) is 9.75. The standard InChI is InChI=1S/C15H16O4S/c16-14(10-20(17)11-5-7-18-8-6-11)13-9-19-15-4-2-1-3-12(13)15/h1-4,9,11H,5-8,10H2. The van der Waals surface area contributed by atoms with Crippen molar-refractivity contribution in [3.8, 4) is 0 Å². The summed E-state index contributed by atoms with van der Waals surface area (Å²) < 4.78 is 22.9. The SMILES string of the molecule is O=C(CS(=O)C1CCOCC1)c1coc2ccccc12. The second-order valence-electron chi connectivity index (χ2n) is 4.91. The molecule has 2 heterocycles. The molecule has 1 unspecified atom stereocenters. The molecular weight excluding hydrogens is 276 g/mol. The predicted molar refractivity (Wildman–Crippen MR) is 77.4 cm³/mol. The lowest BCUT2D eigenvalue weighted by Gasteiger charge is -2.20. The maximum Gasteiger partial charge on any atom is 0.179 e. The average molecular weight is 292 g/mol. The normalized spacial score (nSPS) is 18.2. The maximum atomic E-state index is 12.3. The van der Waals surface area contributed by atoms with Crippen LogP contribution in [0.4, 0.5) is 0 Å². The lowest BCUT2D eigenvalue weighted by atomic mass is 10.1. The molecule has 1 atom stereocenters. The Balaban J connectivity index is 1.74. The third-order valence-electron chi connectivity index (χ3n) is 3.59. The Kier molecular flexibility index (Phi) is 3.98. The van der Waals surface area contributed by atoms with Crippen LogP contribution >= 0.6 is 0 Å². The van der Waals surface area contributed by atoms with E-state index in [0.717, 1.165) is 18.2 Å². The zero-order valence-corrected chi connectivity index (χ0v) is 11.9. The summed E-state index contributed by atoms with van der Waals surface area (Å²) in [7, 11) is -1.14. The van der Waals surface area contributed by atoms with Crippen LogP contribution in [0.3, 0.4) is 0 Å². The van der Waals surface area contributed by atoms with E-state index in [1.165, 1.54) is 6.26 Å². The fourth-order valence-electron chi connectivity index (χ4n) is 2.46. The first kappa shape index (κ1) is 13.5. The van der Waals surface area contributed by atoms with E-state index < -0.39 is 10.8 Å². The molecule has 1 aliphatic heterocycles. The van der Waals surface area contributed by atoms with Crippen LogP contribution < -0.4 is 0 Å². The number of hydrogen-bond donors (Lipinski definition) is 0. The van der Waals surface area contributed by atoms with E-state index in [9.17, 15) is 9.00 Å². The molecule has 2 aromatic rings. The Bertz CT molecular complexity index is 640. The van der Waals surface area contributed by atoms with E-state index in [0.29, 0.717) is 24.4 Å². The van der Waals surface area contributed by atoms with Gasteiger partial charge in [-0.15, -0.1) is 0 Å². The lowest BCUT2D eigenvalue weighted by Crippen LogP contribution is -2.28. The largest absolute Gasteiger partial charge is 0.464 e. The Hall–Kier alpha value is -1.46. The quantitative estimate of drug-likeness (QED) is 0.813. The lowest BCUT2D eigenvalue weighted by molar-refractivity contribution is 0.0980. The van der Waals surface area contributed by atoms with Crippen molar-refractivity contribution in [3.05, 3.63) is 36.1 Å². The number of rotatable bonds is 4. The van der Waals surface area contributed by atoms with Crippen LogP contribution in [0, 0.1) is 0 Å². The van der Waals surface area contributed by atoms with E-state index in [1.54, 1.807) is 0 Å². The van der Waals surface area contributed by atoms with Gasteiger partial charge >= 0.3 is 0 Å². The van der Waals surface area contributed by atoms with Gasteiger partial charge in [0.25, 0.3) is 0 Å². The third-order valence-corrected chi connectivity index (χ3v) is 5.36. The molecular formula is C15H16O4S. The van der Waals surface area contributed by atoms with Crippen molar-refractivity contribution in [2.75, 3.05) is 19.0 Å². The molecule has 3 rings (SSSR count). The van der Waals surface area contributed by atoms with Gasteiger partial charge in [0.15, 0.2) is 5.78 Å². The van der Waals surface area contributed by atoms with E-state index in [-0.39, 0.29) is 16.8 Å². The Labute approximate surface area is 119 Å². The zero-order valence-electron chi connectivity index (χ0n) is 11.0. The zero-order chi connectivity index (χ0) is 13.9. The molecule has 1 aliphatic rings. The fraction of sp³-hybridized carbons (Fsp3) is 0.400. The van der Waals surface area contributed by atoms with Gasteiger partial charge in [0.1, 0.15) is 11.8 Å². The van der Waals surface area contributed by atoms with Gasteiger partial charge < -0.3 is 9.15 Å². The second-order valence-corrected chi connectivity index (χ2v) is 6.62. The summed E-state index contributed by atoms with van der Waals surface area (Å²) in [5.41, 5.74) is 1.22. The molecule has 0 spiro atoms. The number of fused-ring (bicyclic) bond motifs is 1. The first-order valence-corrected chi connectivity index (χ1v) is 8.08. The van der Waals surface area contributed by atoms with Crippen LogP contribution in [0.5, 0.6) is 0 Å². The molecule has 0 bridgehead atoms. The Morgan fingerprint density at radius 3 is 2.80 bits per heavy atom. The molecule has 1 fully saturated rings. The third kappa shape index (κ3) is 2.69. The minimum atomic E-state index is -1.14. The number of benzene rings is 1. The number of carbonyl (C=O) groups excluding carboxylic acids is 1. The van der Waals surface area contributed by atoms with E-state index in [2.05, 4.69) is 0 Å². The molecule has 5 heteroatoms. The topological polar surface area (TPSA) is 56.5 Å². The highest BCUT2D eigenvalue weighted by Crippen LogP contribution is 2.22. The minimum absolute atomic E-state index is 0.0637. The minimum Gasteiger partial charge on any atom is -0.464 e. The Morgan fingerprint density at radius 2 is 2.00 bits per heavy atom. The highest BCUT2D eigenvalue weighted by Gasteiger charge is 2.24. The van der Waals surface area contributed by atoms with Crippen molar-refractivity contribution in [3.63, 3.8) is 0 Å². The van der Waals surface area contributed by atoms with Crippen LogP contribution in [0.2, 0.25) is 0 Å². The van der Waals surface area contributed by atoms with Gasteiger partial charge in [-0.1, -0.05) is 18.2 Å². The molecule has 0 radical (unpaired) electrons. The molecule has 0 aliphatic carbocycles. The van der Waals surface area contributed by atoms with Crippen molar-refractivity contribution in [2.45, 2.75) is 18.1 Å². The van der Waals surface area contributed by atoms with E-state index in [4.69, 9.17) is 9.15 Å². The van der Waals surface area contributed by atoms with Gasteiger partial charge in [0, 0.05) is 34.6 Å². The molecule has 1 saturated heterocycles. The van der Waals surface area contributed by atoms with Crippen LogP contribution in [-0.4, -0.2) is 34.2 Å². The molecule has 1 aromatic heterocycles. The monoisotopic (exact) mass is 292 g/mol. The van der Waals surface area contributed by atoms with Crippen molar-refractivity contribution in [1.82, 2.24) is 0 Å². The summed E-state index contributed by atoms with van der Waals surface area (Å²) in [6, 6.07) is 7.40. The van der Waals surface area contributed by atoms with Crippen molar-refractivity contribution >= 4 is 27.6 Å². The molecule has 1 aromatic carbocycles. The fourth-order valence-corrected chi connectivity index (χ4v) is 3.83. The summed E-state index contributed by atoms with van der Waals surface area (Å²) in [5.74, 6) is -0.0476. The van der Waals surface area contributed by atoms with Gasteiger partial charge in [0.05, 0.1) is 11.3 Å². The summed E-state index contributed by atoms with van der Waals surface area (Å²) in [6.07, 6.45) is 3.01. The number of carbonyl (C=O) groups is 1. The number of ether oxygens (including phenoxy) is 1. The summed E-state index contributed by atoms with van der Waals surface area (Å²) >= 11 is 0. The van der Waals surface area contributed by atoms with Gasteiger partial charge in [-0.25, -0.2) is 0 Å². The van der Waals surface area contributed by atoms with Crippen LogP contribution in [0.25, 0.3) is 11.0 Å². The maximum absolute atomic E-state index is 12.3. The smallest absolute Gasteiger partial charge is 0.179 e. The van der Waals surface area contributed by atoms with E-state index in [1.807, 2.05) is 24.3 Å². The van der Waals surface area contributed by atoms with Crippen LogP contribution in [0.1, 0.15) is 23.2 Å². The number of ketones is 1. The van der Waals surface area contributed by atoms with E-state index >= 15 is 0 Å². The van der Waals surface area contributed by atoms with Crippen molar-refractivity contribution < 1.29 is 18.2 Å². The average Bonchev–Trinajstić information content (AvgIpc) is 2.92. The molecule has 0 N–H and O–H groups in total. The van der Waals surface area contributed by atoms with Crippen LogP contribution in [-0.2, 0) is 15.5 Å². The second kappa shape index (κ2) is 5.89. The van der Waals surface area contributed by atoms with Gasteiger partial charge in [-0.2, -0.15) is 0 Å². The number of hydrogen-bond acceptors (Lipinski definition) is 4. The van der Waals surface area contributed by atoms with Gasteiger partial charge in [0.2, 0.25) is 0 Å². The van der Waals surface area contributed by atoms with Crippen LogP contribution in [0.15, 0.2) is 34.9 Å². The predicted octanol–water partition coefficient (Wildman–Crippen LogP) is 2.54. The number of para-hydroxylation sites is 1. The molecule has 20 heavy (non-hydrogen) atoms. The molecule has 0 amide bonds. The molecule has 106 valence electrons. The van der Waals surface area contributed by atoms with Gasteiger partial charge in [-0.3, -0.25) is 9.00 Å². The highest BCUT2D eigenvalue weighted by molar-refractivity contribution is 7.86.